The molecule has 0 radical (unpaired) electrons. The highest BCUT2D eigenvalue weighted by Crippen LogP contribution is 2.24. The van der Waals surface area contributed by atoms with Gasteiger partial charge in [-0.15, -0.1) is 12.6 Å². The molecule has 0 aliphatic carbocycles. The lowest BCUT2D eigenvalue weighted by Crippen LogP contribution is -2.01. The minimum absolute atomic E-state index is 0.132. The van der Waals surface area contributed by atoms with Gasteiger partial charge < -0.3 is 4.98 Å². The maximum Gasteiger partial charge on any atom is 0.264 e. The van der Waals surface area contributed by atoms with Gasteiger partial charge >= 0.3 is 0 Å². The second kappa shape index (κ2) is 9.67. The summed E-state index contributed by atoms with van der Waals surface area (Å²) in [7, 11) is -3.67. The summed E-state index contributed by atoms with van der Waals surface area (Å²) in [6.45, 7) is 1.69. The first kappa shape index (κ1) is 19.6. The smallest absolute Gasteiger partial charge is 0.264 e. The van der Waals surface area contributed by atoms with Crippen molar-refractivity contribution in [3.63, 3.8) is 0 Å². The van der Waals surface area contributed by atoms with Crippen LogP contribution in [0.3, 0.4) is 0 Å². The first-order chi connectivity index (χ1) is 10.9. The van der Waals surface area contributed by atoms with Crippen molar-refractivity contribution < 1.29 is 13.0 Å². The van der Waals surface area contributed by atoms with Gasteiger partial charge in [-0.2, -0.15) is 8.42 Å². The Morgan fingerprint density at radius 3 is 1.78 bits per heavy atom. The summed E-state index contributed by atoms with van der Waals surface area (Å²) in [5, 5.41) is 2.61. The van der Waals surface area contributed by atoms with Gasteiger partial charge in [-0.3, -0.25) is 4.55 Å². The molecule has 0 aliphatic rings. The number of hydrogen-bond donors (Lipinski definition) is 3. The van der Waals surface area contributed by atoms with Crippen molar-refractivity contribution in [1.29, 1.82) is 0 Å². The molecule has 0 saturated heterocycles. The Labute approximate surface area is 147 Å². The number of nitrogens with one attached hydrogen (secondary N) is 1. The van der Waals surface area contributed by atoms with Crippen LogP contribution in [0.25, 0.3) is 21.8 Å². The van der Waals surface area contributed by atoms with Crippen LogP contribution in [0.4, 0.5) is 0 Å². The van der Waals surface area contributed by atoms with E-state index in [1.165, 1.54) is 26.5 Å². The molecule has 0 atom stereocenters. The second-order valence-electron chi connectivity index (χ2n) is 4.61. The van der Waals surface area contributed by atoms with Gasteiger partial charge in [-0.25, -0.2) is 0 Å². The van der Waals surface area contributed by atoms with Crippen LogP contribution in [0.5, 0.6) is 0 Å². The van der Waals surface area contributed by atoms with Gasteiger partial charge in [0.2, 0.25) is 0 Å². The van der Waals surface area contributed by atoms with E-state index in [2.05, 4.69) is 78.4 Å². The molecule has 3 rings (SSSR count). The summed E-state index contributed by atoms with van der Waals surface area (Å²) >= 11 is 7.61. The van der Waals surface area contributed by atoms with E-state index >= 15 is 0 Å². The number of thiol groups is 1. The van der Waals surface area contributed by atoms with Crippen LogP contribution in [-0.2, 0) is 10.1 Å². The number of aromatic nitrogens is 1. The number of thiocarbonyl (C=S) groups is 1. The standard InChI is InChI=1S/C12H9N.C3H8O3S.CH2S2/c1-3-7-11-9(5-1)10-6-2-4-8-12(10)13-11;1-2-3-7(4,5)6;2-1-3/h1-8,13H;2-3H2,1H3,(H,4,5,6);1H,(H,2,3). The Hall–Kier alpha value is -1.41. The van der Waals surface area contributed by atoms with E-state index in [9.17, 15) is 8.42 Å². The molecular weight excluding hydrogens is 350 g/mol. The van der Waals surface area contributed by atoms with Crippen molar-refractivity contribution in [2.45, 2.75) is 13.3 Å². The Bertz CT molecular complexity index is 807. The van der Waals surface area contributed by atoms with E-state index in [4.69, 9.17) is 4.55 Å². The van der Waals surface area contributed by atoms with E-state index in [0.29, 0.717) is 6.42 Å². The van der Waals surface area contributed by atoms with Gasteiger partial charge in [0.25, 0.3) is 10.1 Å². The zero-order chi connectivity index (χ0) is 17.3. The molecule has 3 aromatic rings. The normalized spacial score (nSPS) is 10.4. The summed E-state index contributed by atoms with van der Waals surface area (Å²) in [4.78, 5) is 3.38. The monoisotopic (exact) mass is 369 g/mol. The second-order valence-corrected chi connectivity index (χ2v) is 7.02. The van der Waals surface area contributed by atoms with Gasteiger partial charge in [0.05, 0.1) is 5.75 Å². The van der Waals surface area contributed by atoms with Crippen molar-refractivity contribution in [3.05, 3.63) is 48.5 Å². The number of benzene rings is 2. The van der Waals surface area contributed by atoms with Crippen LogP contribution in [0.1, 0.15) is 13.3 Å². The van der Waals surface area contributed by atoms with E-state index < -0.39 is 10.1 Å². The molecule has 0 spiro atoms. The fourth-order valence-corrected chi connectivity index (χ4v) is 2.57. The van der Waals surface area contributed by atoms with Crippen molar-refractivity contribution >= 4 is 61.5 Å². The van der Waals surface area contributed by atoms with Crippen LogP contribution in [0, 0.1) is 0 Å². The molecule has 0 aliphatic heterocycles. The fraction of sp³-hybridized carbons (Fsp3) is 0.188. The number of para-hydroxylation sites is 2. The van der Waals surface area contributed by atoms with Gasteiger partial charge in [-0.1, -0.05) is 55.5 Å². The Kier molecular flexibility index (Phi) is 8.25. The highest BCUT2D eigenvalue weighted by molar-refractivity contribution is 8.08. The molecule has 0 unspecified atom stereocenters. The zero-order valence-corrected chi connectivity index (χ0v) is 15.2. The first-order valence-corrected chi connectivity index (χ1v) is 9.51. The number of fused-ring (bicyclic) bond motifs is 3. The van der Waals surface area contributed by atoms with Gasteiger partial charge in [-0.05, 0) is 18.6 Å². The van der Waals surface area contributed by atoms with Crippen molar-refractivity contribution in [3.8, 4) is 0 Å². The molecular formula is C16H19NO3S3. The molecule has 1 aromatic heterocycles. The third kappa shape index (κ3) is 6.70. The maximum atomic E-state index is 9.79. The van der Waals surface area contributed by atoms with Crippen molar-refractivity contribution in [2.24, 2.45) is 0 Å². The van der Waals surface area contributed by atoms with Crippen LogP contribution in [0.2, 0.25) is 0 Å². The zero-order valence-electron chi connectivity index (χ0n) is 12.6. The summed E-state index contributed by atoms with van der Waals surface area (Å²) in [5.74, 6) is -0.132. The molecule has 0 bridgehead atoms. The van der Waals surface area contributed by atoms with E-state index in [0.717, 1.165) is 0 Å². The molecule has 0 amide bonds. The molecule has 2 aromatic carbocycles. The maximum absolute atomic E-state index is 9.79. The highest BCUT2D eigenvalue weighted by atomic mass is 32.2. The predicted octanol–water partition coefficient (Wildman–Crippen LogP) is 4.48. The molecule has 124 valence electrons. The number of rotatable bonds is 2. The van der Waals surface area contributed by atoms with E-state index in [-0.39, 0.29) is 5.75 Å². The number of aromatic amines is 1. The number of H-pyrrole nitrogens is 1. The average Bonchev–Trinajstić information content (AvgIpc) is 2.86. The SMILES string of the molecule is CCCS(=O)(=O)O.S=CS.c1ccc2c(c1)[nH]c1ccccc12. The van der Waals surface area contributed by atoms with E-state index in [1.807, 2.05) is 0 Å². The molecule has 23 heavy (non-hydrogen) atoms. The molecule has 0 fully saturated rings. The largest absolute Gasteiger partial charge is 0.355 e. The Balaban J connectivity index is 0.000000227. The summed E-state index contributed by atoms with van der Waals surface area (Å²) < 4.78 is 28.8. The first-order valence-electron chi connectivity index (χ1n) is 6.91. The van der Waals surface area contributed by atoms with Gasteiger partial charge in [0.15, 0.2) is 0 Å². The lowest BCUT2D eigenvalue weighted by molar-refractivity contribution is 0.482. The lowest BCUT2D eigenvalue weighted by Gasteiger charge is -1.87. The molecule has 1 heterocycles. The van der Waals surface area contributed by atoms with Crippen LogP contribution < -0.4 is 0 Å². The van der Waals surface area contributed by atoms with Crippen LogP contribution in [-0.4, -0.2) is 28.4 Å². The topological polar surface area (TPSA) is 70.2 Å². The number of hydrogen-bond acceptors (Lipinski definition) is 3. The predicted molar refractivity (Wildman–Crippen MR) is 105 cm³/mol. The van der Waals surface area contributed by atoms with Crippen LogP contribution >= 0.6 is 24.8 Å². The van der Waals surface area contributed by atoms with E-state index in [1.54, 1.807) is 6.92 Å². The van der Waals surface area contributed by atoms with Gasteiger partial charge in [0, 0.05) is 26.5 Å². The summed E-state index contributed by atoms with van der Waals surface area (Å²) in [5.41, 5.74) is 2.42. The fourth-order valence-electron chi connectivity index (χ4n) is 2.06. The molecule has 7 heteroatoms. The third-order valence-electron chi connectivity index (χ3n) is 2.88. The lowest BCUT2D eigenvalue weighted by atomic mass is 10.2. The quantitative estimate of drug-likeness (QED) is 0.354. The Morgan fingerprint density at radius 1 is 1.09 bits per heavy atom. The minimum atomic E-state index is -3.67. The molecule has 0 saturated carbocycles. The van der Waals surface area contributed by atoms with Crippen molar-refractivity contribution in [1.82, 2.24) is 4.98 Å². The molecule has 2 N–H and O–H groups in total. The highest BCUT2D eigenvalue weighted by Gasteiger charge is 2.00. The van der Waals surface area contributed by atoms with Crippen LogP contribution in [0.15, 0.2) is 48.5 Å². The summed E-state index contributed by atoms with van der Waals surface area (Å²) in [6.07, 6.45) is 0.471. The molecule has 4 nitrogen and oxygen atoms in total. The third-order valence-corrected chi connectivity index (χ3v) is 3.80. The minimum Gasteiger partial charge on any atom is -0.355 e. The van der Waals surface area contributed by atoms with Crippen molar-refractivity contribution in [2.75, 3.05) is 5.75 Å². The Morgan fingerprint density at radius 2 is 1.48 bits per heavy atom. The average molecular weight is 370 g/mol. The van der Waals surface area contributed by atoms with Gasteiger partial charge in [0.1, 0.15) is 0 Å². The summed E-state index contributed by atoms with van der Waals surface area (Å²) in [6, 6.07) is 16.8.